The summed E-state index contributed by atoms with van der Waals surface area (Å²) in [6.45, 7) is 5.68. The molecule has 0 bridgehead atoms. The highest BCUT2D eigenvalue weighted by Crippen LogP contribution is 2.33. The van der Waals surface area contributed by atoms with Gasteiger partial charge in [-0.1, -0.05) is 29.8 Å². The fourth-order valence-corrected chi connectivity index (χ4v) is 2.09. The molecule has 0 N–H and O–H groups in total. The number of rotatable bonds is 3. The minimum Gasteiger partial charge on any atom is -0.496 e. The topological polar surface area (TPSA) is 26.3 Å². The van der Waals surface area contributed by atoms with E-state index in [-0.39, 0.29) is 11.7 Å². The first-order valence-corrected chi connectivity index (χ1v) is 5.65. The third kappa shape index (κ3) is 2.59. The van der Waals surface area contributed by atoms with E-state index in [9.17, 15) is 4.79 Å². The quantitative estimate of drug-likeness (QED) is 0.782. The van der Waals surface area contributed by atoms with Crippen molar-refractivity contribution in [2.75, 3.05) is 7.11 Å². The van der Waals surface area contributed by atoms with Gasteiger partial charge < -0.3 is 4.74 Å². The monoisotopic (exact) mass is 270 g/mol. The fraction of sp³-hybridized carbons (Fsp3) is 0.417. The summed E-state index contributed by atoms with van der Waals surface area (Å²) >= 11 is 3.37. The Morgan fingerprint density at radius 1 is 1.40 bits per heavy atom. The zero-order valence-electron chi connectivity index (χ0n) is 9.43. The Balaban J connectivity index is 3.47. The highest BCUT2D eigenvalue weighted by molar-refractivity contribution is 9.10. The van der Waals surface area contributed by atoms with Gasteiger partial charge in [0.2, 0.25) is 0 Å². The van der Waals surface area contributed by atoms with Gasteiger partial charge in [0.15, 0.2) is 5.78 Å². The van der Waals surface area contributed by atoms with E-state index in [0.29, 0.717) is 0 Å². The van der Waals surface area contributed by atoms with Crippen LogP contribution in [0.3, 0.4) is 0 Å². The minimum absolute atomic E-state index is 0.0679. The Morgan fingerprint density at radius 3 is 2.40 bits per heavy atom. The van der Waals surface area contributed by atoms with Crippen LogP contribution < -0.4 is 4.74 Å². The first kappa shape index (κ1) is 12.2. The van der Waals surface area contributed by atoms with E-state index in [2.05, 4.69) is 29.8 Å². The molecule has 82 valence electrons. The number of ether oxygens (including phenoxy) is 1. The molecule has 0 aliphatic heterocycles. The SMILES string of the molecule is COc1cc(Br)cc(C(C)=O)c1C(C)C. The number of ketones is 1. The van der Waals surface area contributed by atoms with Crippen molar-refractivity contribution >= 4 is 21.7 Å². The summed E-state index contributed by atoms with van der Waals surface area (Å²) < 4.78 is 6.17. The summed E-state index contributed by atoms with van der Waals surface area (Å²) in [5, 5.41) is 0. The summed E-state index contributed by atoms with van der Waals surface area (Å²) in [5.74, 6) is 1.11. The molecule has 0 aliphatic rings. The number of benzene rings is 1. The zero-order chi connectivity index (χ0) is 11.6. The van der Waals surface area contributed by atoms with E-state index in [4.69, 9.17) is 4.74 Å². The summed E-state index contributed by atoms with van der Waals surface area (Å²) in [7, 11) is 1.62. The molecule has 0 aromatic heterocycles. The lowest BCUT2D eigenvalue weighted by molar-refractivity contribution is 0.101. The van der Waals surface area contributed by atoms with Crippen molar-refractivity contribution in [3.63, 3.8) is 0 Å². The molecule has 0 amide bonds. The molecule has 0 saturated carbocycles. The van der Waals surface area contributed by atoms with Crippen LogP contribution in [0.5, 0.6) is 5.75 Å². The minimum atomic E-state index is 0.0679. The van der Waals surface area contributed by atoms with Crippen molar-refractivity contribution in [3.8, 4) is 5.75 Å². The van der Waals surface area contributed by atoms with Gasteiger partial charge in [-0.15, -0.1) is 0 Å². The standard InChI is InChI=1S/C12H15BrO2/c1-7(2)12-10(8(3)14)5-9(13)6-11(12)15-4/h5-7H,1-4H3. The van der Waals surface area contributed by atoms with Crippen LogP contribution in [0.25, 0.3) is 0 Å². The molecule has 0 atom stereocenters. The Hall–Kier alpha value is -0.830. The smallest absolute Gasteiger partial charge is 0.160 e. The lowest BCUT2D eigenvalue weighted by Gasteiger charge is -2.16. The summed E-state index contributed by atoms with van der Waals surface area (Å²) in [6, 6.07) is 3.74. The van der Waals surface area contributed by atoms with E-state index in [0.717, 1.165) is 21.3 Å². The van der Waals surface area contributed by atoms with Crippen LogP contribution >= 0.6 is 15.9 Å². The van der Waals surface area contributed by atoms with Crippen LogP contribution in [0.4, 0.5) is 0 Å². The van der Waals surface area contributed by atoms with Crippen molar-refractivity contribution in [1.29, 1.82) is 0 Å². The maximum atomic E-state index is 11.5. The second-order valence-electron chi connectivity index (χ2n) is 3.78. The van der Waals surface area contributed by atoms with Crippen molar-refractivity contribution < 1.29 is 9.53 Å². The highest BCUT2D eigenvalue weighted by Gasteiger charge is 2.16. The molecule has 2 nitrogen and oxygen atoms in total. The van der Waals surface area contributed by atoms with Gasteiger partial charge in [0, 0.05) is 15.6 Å². The number of methoxy groups -OCH3 is 1. The molecule has 1 aromatic carbocycles. The van der Waals surface area contributed by atoms with Gasteiger partial charge in [-0.25, -0.2) is 0 Å². The predicted molar refractivity (Wildman–Crippen MR) is 64.8 cm³/mol. The number of carbonyl (C=O) groups is 1. The summed E-state index contributed by atoms with van der Waals surface area (Å²) in [6.07, 6.45) is 0. The highest BCUT2D eigenvalue weighted by atomic mass is 79.9. The maximum Gasteiger partial charge on any atom is 0.160 e. The normalized spacial score (nSPS) is 10.5. The lowest BCUT2D eigenvalue weighted by atomic mass is 9.94. The van der Waals surface area contributed by atoms with E-state index in [1.165, 1.54) is 0 Å². The van der Waals surface area contributed by atoms with Crippen molar-refractivity contribution in [2.45, 2.75) is 26.7 Å². The van der Waals surface area contributed by atoms with E-state index in [1.807, 2.05) is 12.1 Å². The number of carbonyl (C=O) groups excluding carboxylic acids is 1. The Bertz CT molecular complexity index is 383. The molecular formula is C12H15BrO2. The van der Waals surface area contributed by atoms with Crippen LogP contribution in [0.1, 0.15) is 42.6 Å². The third-order valence-electron chi connectivity index (χ3n) is 2.28. The molecule has 0 radical (unpaired) electrons. The molecule has 0 fully saturated rings. The molecule has 0 unspecified atom stereocenters. The van der Waals surface area contributed by atoms with E-state index < -0.39 is 0 Å². The van der Waals surface area contributed by atoms with E-state index in [1.54, 1.807) is 14.0 Å². The van der Waals surface area contributed by atoms with Gasteiger partial charge in [-0.3, -0.25) is 4.79 Å². The van der Waals surface area contributed by atoms with Crippen LogP contribution in [0.15, 0.2) is 16.6 Å². The second-order valence-corrected chi connectivity index (χ2v) is 4.70. The molecule has 15 heavy (non-hydrogen) atoms. The lowest BCUT2D eigenvalue weighted by Crippen LogP contribution is -2.04. The molecule has 1 aromatic rings. The fourth-order valence-electron chi connectivity index (χ4n) is 1.65. The molecule has 0 saturated heterocycles. The van der Waals surface area contributed by atoms with Crippen molar-refractivity contribution in [1.82, 2.24) is 0 Å². The first-order chi connectivity index (χ1) is 6.97. The van der Waals surface area contributed by atoms with Gasteiger partial charge in [0.1, 0.15) is 5.75 Å². The number of Topliss-reactive ketones (excluding diaryl/α,β-unsaturated/α-hetero) is 1. The predicted octanol–water partition coefficient (Wildman–Crippen LogP) is 3.78. The van der Waals surface area contributed by atoms with Crippen LogP contribution in [-0.4, -0.2) is 12.9 Å². The Kier molecular flexibility index (Phi) is 3.91. The summed E-state index contributed by atoms with van der Waals surface area (Å²) in [5.41, 5.74) is 1.71. The van der Waals surface area contributed by atoms with Crippen LogP contribution in [-0.2, 0) is 0 Å². The first-order valence-electron chi connectivity index (χ1n) is 4.85. The number of hydrogen-bond donors (Lipinski definition) is 0. The van der Waals surface area contributed by atoms with Gasteiger partial charge >= 0.3 is 0 Å². The van der Waals surface area contributed by atoms with Gasteiger partial charge in [-0.2, -0.15) is 0 Å². The molecule has 0 aliphatic carbocycles. The zero-order valence-corrected chi connectivity index (χ0v) is 11.0. The largest absolute Gasteiger partial charge is 0.496 e. The van der Waals surface area contributed by atoms with Gasteiger partial charge in [-0.05, 0) is 25.0 Å². The maximum absolute atomic E-state index is 11.5. The third-order valence-corrected chi connectivity index (χ3v) is 2.74. The summed E-state index contributed by atoms with van der Waals surface area (Å²) in [4.78, 5) is 11.5. The molecular weight excluding hydrogens is 256 g/mol. The van der Waals surface area contributed by atoms with Gasteiger partial charge in [0.05, 0.1) is 7.11 Å². The Morgan fingerprint density at radius 2 is 2.00 bits per heavy atom. The molecule has 0 heterocycles. The van der Waals surface area contributed by atoms with Gasteiger partial charge in [0.25, 0.3) is 0 Å². The van der Waals surface area contributed by atoms with E-state index >= 15 is 0 Å². The Labute approximate surface area is 98.8 Å². The molecule has 0 spiro atoms. The van der Waals surface area contributed by atoms with Crippen molar-refractivity contribution in [2.24, 2.45) is 0 Å². The average molecular weight is 271 g/mol. The second kappa shape index (κ2) is 4.79. The van der Waals surface area contributed by atoms with Crippen LogP contribution in [0.2, 0.25) is 0 Å². The molecule has 1 rings (SSSR count). The number of halogens is 1. The number of hydrogen-bond acceptors (Lipinski definition) is 2. The van der Waals surface area contributed by atoms with Crippen LogP contribution in [0, 0.1) is 0 Å². The average Bonchev–Trinajstić information content (AvgIpc) is 2.15. The molecule has 3 heteroatoms. The van der Waals surface area contributed by atoms with Crippen molar-refractivity contribution in [3.05, 3.63) is 27.7 Å².